The highest BCUT2D eigenvalue weighted by atomic mass is 35.5. The minimum Gasteiger partial charge on any atom is -0.381 e. The minimum atomic E-state index is 0.382. The largest absolute Gasteiger partial charge is 0.381 e. The van der Waals surface area contributed by atoms with Gasteiger partial charge in [-0.05, 0) is 18.6 Å². The van der Waals surface area contributed by atoms with Crippen LogP contribution >= 0.6 is 11.6 Å². The number of nitrogen functional groups attached to an aromatic ring is 1. The molecule has 0 unspecified atom stereocenters. The molecule has 0 fully saturated rings. The van der Waals surface area contributed by atoms with Gasteiger partial charge < -0.3 is 14.8 Å². The topological polar surface area (TPSA) is 57.0 Å². The number of aromatic nitrogens is 2. The second-order valence-corrected chi connectivity index (χ2v) is 4.75. The minimum absolute atomic E-state index is 0.382. The van der Waals surface area contributed by atoms with Gasteiger partial charge in [0.25, 0.3) is 0 Å². The number of benzene rings is 1. The van der Waals surface area contributed by atoms with Crippen LogP contribution in [0.15, 0.2) is 28.9 Å². The van der Waals surface area contributed by atoms with Gasteiger partial charge in [-0.2, -0.15) is 0 Å². The molecule has 0 atom stereocenters. The number of hydrogen-bond acceptors (Lipinski definition) is 3. The van der Waals surface area contributed by atoms with E-state index in [4.69, 9.17) is 21.9 Å². The van der Waals surface area contributed by atoms with E-state index in [0.717, 1.165) is 27.1 Å². The van der Waals surface area contributed by atoms with Crippen LogP contribution in [0.3, 0.4) is 0 Å². The Morgan fingerprint density at radius 2 is 2.17 bits per heavy atom. The molecule has 0 spiro atoms. The Balaban J connectivity index is 2.36. The molecular formula is C13H12ClN3O. The molecule has 2 N–H and O–H groups in total. The first kappa shape index (κ1) is 11.2. The fourth-order valence-corrected chi connectivity index (χ4v) is 2.44. The Hall–Kier alpha value is -1.94. The SMILES string of the molecule is Cc1c(Cl)ccc2c(-c3cc(N)no3)cn(C)c12. The van der Waals surface area contributed by atoms with E-state index in [1.165, 1.54) is 0 Å². The molecule has 0 amide bonds. The van der Waals surface area contributed by atoms with Gasteiger partial charge in [-0.1, -0.05) is 22.8 Å². The van der Waals surface area contributed by atoms with Crippen molar-refractivity contribution in [3.8, 4) is 11.3 Å². The van der Waals surface area contributed by atoms with Gasteiger partial charge in [0.2, 0.25) is 0 Å². The third-order valence-corrected chi connectivity index (χ3v) is 3.53. The zero-order valence-electron chi connectivity index (χ0n) is 10.1. The highest BCUT2D eigenvalue weighted by Crippen LogP contribution is 2.34. The smallest absolute Gasteiger partial charge is 0.171 e. The maximum atomic E-state index is 6.15. The van der Waals surface area contributed by atoms with Crippen LogP contribution in [0.1, 0.15) is 5.56 Å². The number of halogens is 1. The Morgan fingerprint density at radius 1 is 1.39 bits per heavy atom. The lowest BCUT2D eigenvalue weighted by molar-refractivity contribution is 0.436. The predicted molar refractivity (Wildman–Crippen MR) is 72.6 cm³/mol. The molecule has 18 heavy (non-hydrogen) atoms. The van der Waals surface area contributed by atoms with E-state index >= 15 is 0 Å². The van der Waals surface area contributed by atoms with Crippen LogP contribution in [0, 0.1) is 6.92 Å². The van der Waals surface area contributed by atoms with Crippen molar-refractivity contribution in [1.82, 2.24) is 9.72 Å². The second kappa shape index (κ2) is 3.78. The molecule has 0 saturated heterocycles. The Bertz CT molecular complexity index is 742. The Labute approximate surface area is 109 Å². The molecule has 1 aromatic carbocycles. The quantitative estimate of drug-likeness (QED) is 0.731. The summed E-state index contributed by atoms with van der Waals surface area (Å²) in [5.74, 6) is 1.05. The summed E-state index contributed by atoms with van der Waals surface area (Å²) < 4.78 is 7.25. The summed E-state index contributed by atoms with van der Waals surface area (Å²) in [6, 6.07) is 5.60. The number of hydrogen-bond donors (Lipinski definition) is 1. The molecule has 2 aromatic heterocycles. The van der Waals surface area contributed by atoms with Crippen LogP contribution < -0.4 is 5.73 Å². The fraction of sp³-hybridized carbons (Fsp3) is 0.154. The van der Waals surface area contributed by atoms with Gasteiger partial charge in [0.1, 0.15) is 0 Å². The van der Waals surface area contributed by atoms with E-state index in [9.17, 15) is 0 Å². The van der Waals surface area contributed by atoms with Crippen molar-refractivity contribution < 1.29 is 4.52 Å². The molecule has 0 aliphatic carbocycles. The Morgan fingerprint density at radius 3 is 2.83 bits per heavy atom. The lowest BCUT2D eigenvalue weighted by Gasteiger charge is -2.02. The number of nitrogens with zero attached hydrogens (tertiary/aromatic N) is 2. The van der Waals surface area contributed by atoms with Gasteiger partial charge in [0.05, 0.1) is 5.52 Å². The summed E-state index contributed by atoms with van der Waals surface area (Å²) in [5.41, 5.74) is 8.70. The molecule has 2 heterocycles. The maximum Gasteiger partial charge on any atom is 0.171 e. The molecule has 0 aliphatic rings. The van der Waals surface area contributed by atoms with Crippen LogP contribution in [0.4, 0.5) is 5.82 Å². The highest BCUT2D eigenvalue weighted by Gasteiger charge is 2.15. The van der Waals surface area contributed by atoms with Crippen molar-refractivity contribution in [3.05, 3.63) is 35.0 Å². The number of aryl methyl sites for hydroxylation is 2. The van der Waals surface area contributed by atoms with Gasteiger partial charge in [-0.3, -0.25) is 0 Å². The zero-order valence-corrected chi connectivity index (χ0v) is 10.8. The molecule has 0 radical (unpaired) electrons. The summed E-state index contributed by atoms with van der Waals surface area (Å²) in [4.78, 5) is 0. The number of nitrogens with two attached hydrogens (primary N) is 1. The second-order valence-electron chi connectivity index (χ2n) is 4.34. The van der Waals surface area contributed by atoms with Crippen molar-refractivity contribution in [2.75, 3.05) is 5.73 Å². The van der Waals surface area contributed by atoms with Crippen LogP contribution in [-0.2, 0) is 7.05 Å². The fourth-order valence-electron chi connectivity index (χ4n) is 2.29. The summed E-state index contributed by atoms with van der Waals surface area (Å²) in [5, 5.41) is 5.55. The molecular weight excluding hydrogens is 250 g/mol. The van der Waals surface area contributed by atoms with E-state index in [2.05, 4.69) is 5.16 Å². The summed E-state index contributed by atoms with van der Waals surface area (Å²) >= 11 is 6.15. The van der Waals surface area contributed by atoms with E-state index in [1.807, 2.05) is 36.9 Å². The van der Waals surface area contributed by atoms with Gasteiger partial charge >= 0.3 is 0 Å². The first-order chi connectivity index (χ1) is 8.58. The number of anilines is 1. The normalized spacial score (nSPS) is 11.3. The monoisotopic (exact) mass is 261 g/mol. The number of fused-ring (bicyclic) bond motifs is 1. The molecule has 0 aliphatic heterocycles. The predicted octanol–water partition coefficient (Wildman–Crippen LogP) is 3.38. The zero-order chi connectivity index (χ0) is 12.9. The van der Waals surface area contributed by atoms with Crippen LogP contribution in [0.5, 0.6) is 0 Å². The number of rotatable bonds is 1. The van der Waals surface area contributed by atoms with Crippen LogP contribution in [0.25, 0.3) is 22.2 Å². The maximum absolute atomic E-state index is 6.15. The standard InChI is InChI=1S/C13H12ClN3O/c1-7-10(14)4-3-8-9(6-17(2)13(7)8)11-5-12(15)16-18-11/h3-6H,1-2H3,(H2,15,16). The summed E-state index contributed by atoms with van der Waals surface area (Å²) in [6.07, 6.45) is 1.99. The first-order valence-electron chi connectivity index (χ1n) is 5.54. The van der Waals surface area contributed by atoms with E-state index in [-0.39, 0.29) is 0 Å². The Kier molecular flexibility index (Phi) is 2.35. The lowest BCUT2D eigenvalue weighted by Crippen LogP contribution is -1.87. The molecule has 3 rings (SSSR count). The van der Waals surface area contributed by atoms with Gasteiger partial charge in [-0.25, -0.2) is 0 Å². The third kappa shape index (κ3) is 1.49. The van der Waals surface area contributed by atoms with Crippen molar-refractivity contribution in [2.24, 2.45) is 7.05 Å². The van der Waals surface area contributed by atoms with E-state index in [1.54, 1.807) is 6.07 Å². The van der Waals surface area contributed by atoms with E-state index in [0.29, 0.717) is 11.6 Å². The summed E-state index contributed by atoms with van der Waals surface area (Å²) in [6.45, 7) is 2.00. The van der Waals surface area contributed by atoms with Gasteiger partial charge in [-0.15, -0.1) is 0 Å². The van der Waals surface area contributed by atoms with Gasteiger partial charge in [0, 0.05) is 35.3 Å². The summed E-state index contributed by atoms with van der Waals surface area (Å²) in [7, 11) is 1.98. The van der Waals surface area contributed by atoms with Crippen molar-refractivity contribution in [1.29, 1.82) is 0 Å². The van der Waals surface area contributed by atoms with E-state index < -0.39 is 0 Å². The van der Waals surface area contributed by atoms with Crippen LogP contribution in [0.2, 0.25) is 5.02 Å². The van der Waals surface area contributed by atoms with Crippen molar-refractivity contribution in [2.45, 2.75) is 6.92 Å². The molecule has 92 valence electrons. The first-order valence-corrected chi connectivity index (χ1v) is 5.92. The molecule has 3 aromatic rings. The van der Waals surface area contributed by atoms with Crippen molar-refractivity contribution >= 4 is 28.3 Å². The molecule has 0 bridgehead atoms. The molecule has 5 heteroatoms. The average molecular weight is 262 g/mol. The molecule has 4 nitrogen and oxygen atoms in total. The third-order valence-electron chi connectivity index (χ3n) is 3.12. The highest BCUT2D eigenvalue weighted by molar-refractivity contribution is 6.32. The average Bonchev–Trinajstić information content (AvgIpc) is 2.88. The molecule has 0 saturated carbocycles. The van der Waals surface area contributed by atoms with Crippen LogP contribution in [-0.4, -0.2) is 9.72 Å². The van der Waals surface area contributed by atoms with Crippen molar-refractivity contribution in [3.63, 3.8) is 0 Å². The lowest BCUT2D eigenvalue weighted by atomic mass is 10.1. The van der Waals surface area contributed by atoms with Gasteiger partial charge in [0.15, 0.2) is 11.6 Å².